The fourth-order valence-electron chi connectivity index (χ4n) is 5.97. The van der Waals surface area contributed by atoms with E-state index >= 15 is 0 Å². The first-order valence-electron chi connectivity index (χ1n) is 10.8. The zero-order chi connectivity index (χ0) is 16.8. The van der Waals surface area contributed by atoms with E-state index in [1.54, 1.807) is 0 Å². The Morgan fingerprint density at radius 2 is 1.38 bits per heavy atom. The van der Waals surface area contributed by atoms with Crippen LogP contribution in [-0.2, 0) is 9.53 Å². The van der Waals surface area contributed by atoms with Crippen LogP contribution in [0.4, 0.5) is 0 Å². The number of carbonyl (C=O) groups is 1. The molecular weight excluding hydrogens is 296 g/mol. The lowest BCUT2D eigenvalue weighted by Gasteiger charge is -2.56. The van der Waals surface area contributed by atoms with Crippen molar-refractivity contribution in [2.75, 3.05) is 6.61 Å². The maximum atomic E-state index is 11.7. The van der Waals surface area contributed by atoms with Crippen molar-refractivity contribution >= 4 is 5.78 Å². The molecule has 0 aromatic heterocycles. The van der Waals surface area contributed by atoms with Gasteiger partial charge in [-0.25, -0.2) is 0 Å². The van der Waals surface area contributed by atoms with Crippen LogP contribution >= 0.6 is 0 Å². The van der Waals surface area contributed by atoms with Crippen molar-refractivity contribution < 1.29 is 9.53 Å². The molecule has 0 N–H and O–H groups in total. The Morgan fingerprint density at radius 3 is 1.96 bits per heavy atom. The molecule has 4 saturated carbocycles. The van der Waals surface area contributed by atoms with Crippen molar-refractivity contribution in [1.82, 2.24) is 0 Å². The maximum Gasteiger partial charge on any atom is 0.132 e. The summed E-state index contributed by atoms with van der Waals surface area (Å²) in [5, 5.41) is 0. The topological polar surface area (TPSA) is 26.3 Å². The summed E-state index contributed by atoms with van der Waals surface area (Å²) >= 11 is 0. The van der Waals surface area contributed by atoms with Gasteiger partial charge in [0.1, 0.15) is 5.78 Å². The number of ketones is 1. The van der Waals surface area contributed by atoms with Crippen LogP contribution in [0.25, 0.3) is 0 Å². The van der Waals surface area contributed by atoms with Crippen LogP contribution in [-0.4, -0.2) is 18.0 Å². The number of unbranched alkanes of at least 4 members (excludes halogenated alkanes) is 5. The van der Waals surface area contributed by atoms with E-state index in [0.29, 0.717) is 5.78 Å². The van der Waals surface area contributed by atoms with Crippen LogP contribution in [0, 0.1) is 17.8 Å². The summed E-state index contributed by atoms with van der Waals surface area (Å²) in [5.41, 5.74) is 0.282. The standard InChI is InChI=1S/C22H38O2/c1-2-3-6-9-21(23)10-7-4-5-8-11-24-22-15-18-12-19(16-22)14-20(13-18)17-22/h18-20H,2-17H2,1H3. The van der Waals surface area contributed by atoms with Crippen molar-refractivity contribution in [3.8, 4) is 0 Å². The highest BCUT2D eigenvalue weighted by atomic mass is 16.5. The molecule has 4 bridgehead atoms. The number of hydrogen-bond donors (Lipinski definition) is 0. The van der Waals surface area contributed by atoms with Gasteiger partial charge in [0, 0.05) is 19.4 Å². The molecule has 4 aliphatic carbocycles. The van der Waals surface area contributed by atoms with E-state index in [1.807, 2.05) is 0 Å². The van der Waals surface area contributed by atoms with Crippen molar-refractivity contribution in [2.24, 2.45) is 17.8 Å². The van der Waals surface area contributed by atoms with E-state index in [1.165, 1.54) is 70.6 Å². The molecule has 0 aliphatic heterocycles. The Balaban J connectivity index is 1.22. The molecule has 138 valence electrons. The Hall–Kier alpha value is -0.370. The summed E-state index contributed by atoms with van der Waals surface area (Å²) in [5.74, 6) is 3.42. The SMILES string of the molecule is CCCCCC(=O)CCCCCCOC12CC3CC(CC(C3)C1)C2. The first-order chi connectivity index (χ1) is 11.7. The lowest BCUT2D eigenvalue weighted by Crippen LogP contribution is -2.52. The van der Waals surface area contributed by atoms with Gasteiger partial charge in [0.25, 0.3) is 0 Å². The highest BCUT2D eigenvalue weighted by Crippen LogP contribution is 2.57. The zero-order valence-electron chi connectivity index (χ0n) is 15.9. The van der Waals surface area contributed by atoms with Crippen LogP contribution in [0.3, 0.4) is 0 Å². The molecule has 4 rings (SSSR count). The predicted molar refractivity (Wildman–Crippen MR) is 99.1 cm³/mol. The quantitative estimate of drug-likeness (QED) is 0.405. The van der Waals surface area contributed by atoms with Crippen LogP contribution in [0.5, 0.6) is 0 Å². The third-order valence-electron chi connectivity index (χ3n) is 6.80. The second-order valence-corrected chi connectivity index (χ2v) is 9.11. The van der Waals surface area contributed by atoms with Gasteiger partial charge in [-0.1, -0.05) is 32.6 Å². The Morgan fingerprint density at radius 1 is 0.833 bits per heavy atom. The van der Waals surface area contributed by atoms with Gasteiger partial charge in [0.05, 0.1) is 5.60 Å². The summed E-state index contributed by atoms with van der Waals surface area (Å²) in [4.78, 5) is 11.7. The average molecular weight is 335 g/mol. The Labute approximate surface area is 149 Å². The van der Waals surface area contributed by atoms with Crippen molar-refractivity contribution in [2.45, 2.75) is 109 Å². The summed E-state index contributed by atoms with van der Waals surface area (Å²) in [6.07, 6.45) is 18.4. The van der Waals surface area contributed by atoms with Crippen LogP contribution in [0.15, 0.2) is 0 Å². The molecule has 2 heteroatoms. The first-order valence-corrected chi connectivity index (χ1v) is 10.8. The van der Waals surface area contributed by atoms with Crippen molar-refractivity contribution in [1.29, 1.82) is 0 Å². The molecule has 4 fully saturated rings. The summed E-state index contributed by atoms with van der Waals surface area (Å²) < 4.78 is 6.47. The third-order valence-corrected chi connectivity index (χ3v) is 6.80. The van der Waals surface area contributed by atoms with Gasteiger partial charge in [-0.3, -0.25) is 4.79 Å². The van der Waals surface area contributed by atoms with E-state index in [2.05, 4.69) is 6.92 Å². The van der Waals surface area contributed by atoms with Gasteiger partial charge < -0.3 is 4.74 Å². The smallest absolute Gasteiger partial charge is 0.132 e. The molecule has 0 atom stereocenters. The van der Waals surface area contributed by atoms with Crippen molar-refractivity contribution in [3.05, 3.63) is 0 Å². The maximum absolute atomic E-state index is 11.7. The monoisotopic (exact) mass is 334 g/mol. The molecule has 0 amide bonds. The molecule has 0 aromatic carbocycles. The predicted octanol–water partition coefficient (Wildman–Crippen LogP) is 6.07. The minimum Gasteiger partial charge on any atom is -0.375 e. The number of Topliss-reactive ketones (excluding diaryl/α,β-unsaturated/α-hetero) is 1. The van der Waals surface area contributed by atoms with E-state index in [4.69, 9.17) is 4.74 Å². The lowest BCUT2D eigenvalue weighted by atomic mass is 9.54. The summed E-state index contributed by atoms with van der Waals surface area (Å²) in [6.45, 7) is 3.15. The van der Waals surface area contributed by atoms with Gasteiger partial charge in [0.15, 0.2) is 0 Å². The van der Waals surface area contributed by atoms with Gasteiger partial charge in [0.2, 0.25) is 0 Å². The molecule has 0 heterocycles. The molecule has 0 spiro atoms. The molecule has 0 aromatic rings. The molecule has 0 unspecified atom stereocenters. The zero-order valence-corrected chi connectivity index (χ0v) is 15.9. The molecule has 24 heavy (non-hydrogen) atoms. The molecule has 2 nitrogen and oxygen atoms in total. The number of ether oxygens (including phenoxy) is 1. The Bertz CT molecular complexity index is 365. The van der Waals surface area contributed by atoms with E-state index < -0.39 is 0 Å². The minimum absolute atomic E-state index is 0.282. The summed E-state index contributed by atoms with van der Waals surface area (Å²) in [6, 6.07) is 0. The molecule has 0 saturated heterocycles. The average Bonchev–Trinajstić information content (AvgIpc) is 2.53. The molecule has 4 aliphatic rings. The summed E-state index contributed by atoms with van der Waals surface area (Å²) in [7, 11) is 0. The second kappa shape index (κ2) is 8.83. The second-order valence-electron chi connectivity index (χ2n) is 9.11. The van der Waals surface area contributed by atoms with Gasteiger partial charge in [-0.15, -0.1) is 0 Å². The fraction of sp³-hybridized carbons (Fsp3) is 0.955. The number of hydrogen-bond acceptors (Lipinski definition) is 2. The van der Waals surface area contributed by atoms with Gasteiger partial charge >= 0.3 is 0 Å². The van der Waals surface area contributed by atoms with Crippen LogP contribution in [0.2, 0.25) is 0 Å². The minimum atomic E-state index is 0.282. The van der Waals surface area contributed by atoms with Gasteiger partial charge in [-0.2, -0.15) is 0 Å². The normalized spacial score (nSPS) is 34.0. The van der Waals surface area contributed by atoms with E-state index in [9.17, 15) is 4.79 Å². The first kappa shape index (κ1) is 18.4. The highest BCUT2D eigenvalue weighted by Gasteiger charge is 2.51. The van der Waals surface area contributed by atoms with Crippen LogP contribution in [0.1, 0.15) is 103 Å². The molecular formula is C22H38O2. The highest BCUT2D eigenvalue weighted by molar-refractivity contribution is 5.78. The Kier molecular flexibility index (Phi) is 6.78. The fourth-order valence-corrected chi connectivity index (χ4v) is 5.97. The van der Waals surface area contributed by atoms with Crippen molar-refractivity contribution in [3.63, 3.8) is 0 Å². The van der Waals surface area contributed by atoms with Crippen LogP contribution < -0.4 is 0 Å². The molecule has 0 radical (unpaired) electrons. The third kappa shape index (κ3) is 5.07. The van der Waals surface area contributed by atoms with E-state index in [0.717, 1.165) is 50.0 Å². The lowest BCUT2D eigenvalue weighted by molar-refractivity contribution is -0.162. The van der Waals surface area contributed by atoms with Gasteiger partial charge in [-0.05, 0) is 75.5 Å². The largest absolute Gasteiger partial charge is 0.375 e. The number of rotatable bonds is 12. The number of carbonyl (C=O) groups excluding carboxylic acids is 1. The van der Waals surface area contributed by atoms with E-state index in [-0.39, 0.29) is 5.60 Å².